The van der Waals surface area contributed by atoms with Gasteiger partial charge in [0.2, 0.25) is 0 Å². The van der Waals surface area contributed by atoms with Crippen LogP contribution in [-0.4, -0.2) is 30.4 Å². The summed E-state index contributed by atoms with van der Waals surface area (Å²) in [5.74, 6) is 0.884. The van der Waals surface area contributed by atoms with Gasteiger partial charge in [-0.3, -0.25) is 0 Å². The number of thiophene rings is 1. The molecule has 0 unspecified atom stereocenters. The highest BCUT2D eigenvalue weighted by Gasteiger charge is 2.09. The van der Waals surface area contributed by atoms with E-state index in [0.717, 1.165) is 40.2 Å². The van der Waals surface area contributed by atoms with Crippen LogP contribution in [0, 0.1) is 0 Å². The Morgan fingerprint density at radius 2 is 2.29 bits per heavy atom. The first-order chi connectivity index (χ1) is 8.33. The van der Waals surface area contributed by atoms with E-state index in [0.29, 0.717) is 0 Å². The Bertz CT molecular complexity index is 467. The molecule has 0 fully saturated rings. The maximum Gasteiger partial charge on any atom is 0.157 e. The molecule has 2 aromatic heterocycles. The minimum absolute atomic E-state index is 0.884. The van der Waals surface area contributed by atoms with E-state index >= 15 is 0 Å². The highest BCUT2D eigenvalue weighted by atomic mass is 32.1. The lowest BCUT2D eigenvalue weighted by atomic mass is 10.4. The zero-order valence-electron chi connectivity index (χ0n) is 9.90. The van der Waals surface area contributed by atoms with Gasteiger partial charge in [-0.25, -0.2) is 0 Å². The standard InChI is InChI=1S/C11H15N3OS2/c1-3-12-5-4-10-13-14-11(17-10)9-6-8(15-2)7-16-9/h6-7,12H,3-5H2,1-2H3. The number of nitrogens with one attached hydrogen (secondary N) is 1. The van der Waals surface area contributed by atoms with Gasteiger partial charge >= 0.3 is 0 Å². The van der Waals surface area contributed by atoms with Gasteiger partial charge in [-0.15, -0.1) is 21.5 Å². The largest absolute Gasteiger partial charge is 0.496 e. The van der Waals surface area contributed by atoms with Crippen molar-refractivity contribution in [2.24, 2.45) is 0 Å². The van der Waals surface area contributed by atoms with Crippen LogP contribution >= 0.6 is 22.7 Å². The lowest BCUT2D eigenvalue weighted by Crippen LogP contribution is -2.15. The molecule has 2 rings (SSSR count). The normalized spacial score (nSPS) is 10.7. The van der Waals surface area contributed by atoms with Gasteiger partial charge in [0.1, 0.15) is 10.8 Å². The fourth-order valence-corrected chi connectivity index (χ4v) is 3.12. The van der Waals surface area contributed by atoms with Crippen LogP contribution < -0.4 is 10.1 Å². The minimum Gasteiger partial charge on any atom is -0.496 e. The van der Waals surface area contributed by atoms with Crippen LogP contribution in [0.4, 0.5) is 0 Å². The number of likely N-dealkylation sites (N-methyl/N-ethyl adjacent to an activating group) is 1. The van der Waals surface area contributed by atoms with E-state index in [2.05, 4.69) is 22.4 Å². The zero-order valence-corrected chi connectivity index (χ0v) is 11.5. The van der Waals surface area contributed by atoms with Gasteiger partial charge in [-0.2, -0.15) is 0 Å². The van der Waals surface area contributed by atoms with Crippen LogP contribution in [0.5, 0.6) is 5.75 Å². The van der Waals surface area contributed by atoms with Gasteiger partial charge in [-0.05, 0) is 6.54 Å². The van der Waals surface area contributed by atoms with E-state index in [4.69, 9.17) is 4.74 Å². The van der Waals surface area contributed by atoms with E-state index in [9.17, 15) is 0 Å². The van der Waals surface area contributed by atoms with E-state index in [-0.39, 0.29) is 0 Å². The number of hydrogen-bond acceptors (Lipinski definition) is 6. The van der Waals surface area contributed by atoms with Crippen LogP contribution in [-0.2, 0) is 6.42 Å². The molecule has 0 bridgehead atoms. The molecule has 0 radical (unpaired) electrons. The number of methoxy groups -OCH3 is 1. The maximum absolute atomic E-state index is 5.16. The molecule has 0 aliphatic rings. The second-order valence-electron chi connectivity index (χ2n) is 3.46. The summed E-state index contributed by atoms with van der Waals surface area (Å²) in [5.41, 5.74) is 0. The molecule has 0 amide bonds. The first-order valence-corrected chi connectivity index (χ1v) is 7.19. The van der Waals surface area contributed by atoms with Crippen molar-refractivity contribution < 1.29 is 4.74 Å². The first-order valence-electron chi connectivity index (χ1n) is 5.49. The molecule has 0 atom stereocenters. The Hall–Kier alpha value is -0.980. The Morgan fingerprint density at radius 3 is 3.00 bits per heavy atom. The summed E-state index contributed by atoms with van der Waals surface area (Å²) in [7, 11) is 1.67. The van der Waals surface area contributed by atoms with Crippen LogP contribution in [0.3, 0.4) is 0 Å². The highest BCUT2D eigenvalue weighted by molar-refractivity contribution is 7.20. The molecule has 0 saturated heterocycles. The molecule has 17 heavy (non-hydrogen) atoms. The van der Waals surface area contributed by atoms with Gasteiger partial charge < -0.3 is 10.1 Å². The molecule has 0 saturated carbocycles. The van der Waals surface area contributed by atoms with Gasteiger partial charge in [0.15, 0.2) is 5.01 Å². The molecule has 0 aliphatic carbocycles. The molecule has 0 spiro atoms. The van der Waals surface area contributed by atoms with Crippen molar-refractivity contribution in [2.45, 2.75) is 13.3 Å². The molecule has 2 aromatic rings. The summed E-state index contributed by atoms with van der Waals surface area (Å²) in [5, 5.41) is 15.7. The van der Waals surface area contributed by atoms with Crippen molar-refractivity contribution in [3.05, 3.63) is 16.5 Å². The third kappa shape index (κ3) is 3.24. The molecule has 4 nitrogen and oxygen atoms in total. The average Bonchev–Trinajstić information content (AvgIpc) is 2.97. The lowest BCUT2D eigenvalue weighted by Gasteiger charge is -1.95. The van der Waals surface area contributed by atoms with Crippen LogP contribution in [0.2, 0.25) is 0 Å². The number of nitrogens with zero attached hydrogens (tertiary/aromatic N) is 2. The molecule has 1 N–H and O–H groups in total. The Morgan fingerprint density at radius 1 is 1.41 bits per heavy atom. The van der Waals surface area contributed by atoms with Gasteiger partial charge in [-0.1, -0.05) is 18.3 Å². The number of rotatable bonds is 6. The molecule has 2 heterocycles. The third-order valence-electron chi connectivity index (χ3n) is 2.25. The molecular weight excluding hydrogens is 254 g/mol. The second kappa shape index (κ2) is 6.09. The van der Waals surface area contributed by atoms with E-state index in [1.807, 2.05) is 11.4 Å². The van der Waals surface area contributed by atoms with Crippen molar-refractivity contribution >= 4 is 22.7 Å². The summed E-state index contributed by atoms with van der Waals surface area (Å²) >= 11 is 3.29. The summed E-state index contributed by atoms with van der Waals surface area (Å²) in [4.78, 5) is 1.12. The SMILES string of the molecule is CCNCCc1nnc(-c2cc(OC)cs2)s1. The average molecular weight is 269 g/mol. The molecular formula is C11H15N3OS2. The summed E-state index contributed by atoms with van der Waals surface area (Å²) < 4.78 is 5.16. The second-order valence-corrected chi connectivity index (χ2v) is 5.43. The van der Waals surface area contributed by atoms with E-state index in [1.165, 1.54) is 0 Å². The summed E-state index contributed by atoms with van der Waals surface area (Å²) in [6.45, 7) is 4.05. The lowest BCUT2D eigenvalue weighted by molar-refractivity contribution is 0.417. The smallest absolute Gasteiger partial charge is 0.157 e. The molecule has 0 aliphatic heterocycles. The molecule has 6 heteroatoms. The van der Waals surface area contributed by atoms with Gasteiger partial charge in [0, 0.05) is 24.4 Å². The summed E-state index contributed by atoms with van der Waals surface area (Å²) in [6.07, 6.45) is 0.939. The van der Waals surface area contributed by atoms with Crippen LogP contribution in [0.15, 0.2) is 11.4 Å². The van der Waals surface area contributed by atoms with Crippen molar-refractivity contribution in [1.29, 1.82) is 0 Å². The maximum atomic E-state index is 5.16. The predicted molar refractivity (Wildman–Crippen MR) is 72.0 cm³/mol. The Balaban J connectivity index is 2.02. The van der Waals surface area contributed by atoms with E-state index in [1.54, 1.807) is 29.8 Å². The highest BCUT2D eigenvalue weighted by Crippen LogP contribution is 2.32. The Kier molecular flexibility index (Phi) is 4.47. The van der Waals surface area contributed by atoms with Crippen molar-refractivity contribution in [1.82, 2.24) is 15.5 Å². The fourth-order valence-electron chi connectivity index (χ4n) is 1.36. The van der Waals surface area contributed by atoms with Crippen molar-refractivity contribution in [2.75, 3.05) is 20.2 Å². The monoisotopic (exact) mass is 269 g/mol. The Labute approximate surface area is 109 Å². The fraction of sp³-hybridized carbons (Fsp3) is 0.455. The third-order valence-corrected chi connectivity index (χ3v) is 4.32. The van der Waals surface area contributed by atoms with Gasteiger partial charge in [0.25, 0.3) is 0 Å². The topological polar surface area (TPSA) is 47.0 Å². The van der Waals surface area contributed by atoms with Crippen molar-refractivity contribution in [3.8, 4) is 15.6 Å². The first kappa shape index (κ1) is 12.5. The predicted octanol–water partition coefficient (Wildman–Crippen LogP) is 2.43. The van der Waals surface area contributed by atoms with Gasteiger partial charge in [0.05, 0.1) is 12.0 Å². The number of ether oxygens (including phenoxy) is 1. The zero-order chi connectivity index (χ0) is 12.1. The molecule has 0 aromatic carbocycles. The van der Waals surface area contributed by atoms with E-state index < -0.39 is 0 Å². The number of aromatic nitrogens is 2. The number of hydrogen-bond donors (Lipinski definition) is 1. The van der Waals surface area contributed by atoms with Crippen LogP contribution in [0.1, 0.15) is 11.9 Å². The summed E-state index contributed by atoms with van der Waals surface area (Å²) in [6, 6.07) is 2.00. The van der Waals surface area contributed by atoms with Crippen molar-refractivity contribution in [3.63, 3.8) is 0 Å². The molecule has 92 valence electrons. The quantitative estimate of drug-likeness (QED) is 0.818. The minimum atomic E-state index is 0.884. The van der Waals surface area contributed by atoms with Crippen LogP contribution in [0.25, 0.3) is 9.88 Å².